The van der Waals surface area contributed by atoms with Crippen molar-refractivity contribution in [3.8, 4) is 5.69 Å². The van der Waals surface area contributed by atoms with E-state index in [2.05, 4.69) is 22.1 Å². The van der Waals surface area contributed by atoms with Gasteiger partial charge in [-0.15, -0.1) is 0 Å². The van der Waals surface area contributed by atoms with Gasteiger partial charge in [0.25, 0.3) is 0 Å². The van der Waals surface area contributed by atoms with Crippen LogP contribution in [0.25, 0.3) is 5.69 Å². The minimum Gasteiger partial charge on any atom is -0.270 e. The zero-order valence-corrected chi connectivity index (χ0v) is 10.2. The Morgan fingerprint density at radius 3 is 3.00 bits per heavy atom. The standard InChI is InChI=1S/C11H14N4S/c1-3-4-10-13-14-11(16)15(10)9-7-12-6-5-8(9)2/h5-7H,3-4H2,1-2H3,(H,14,16). The summed E-state index contributed by atoms with van der Waals surface area (Å²) < 4.78 is 2.58. The third kappa shape index (κ3) is 1.90. The Labute approximate surface area is 99.4 Å². The quantitative estimate of drug-likeness (QED) is 0.830. The summed E-state index contributed by atoms with van der Waals surface area (Å²) in [7, 11) is 0. The molecule has 0 aliphatic heterocycles. The monoisotopic (exact) mass is 234 g/mol. The number of nitrogens with zero attached hydrogens (tertiary/aromatic N) is 3. The van der Waals surface area contributed by atoms with Crippen molar-refractivity contribution < 1.29 is 0 Å². The number of hydrogen-bond acceptors (Lipinski definition) is 3. The van der Waals surface area contributed by atoms with Crippen LogP contribution in [0.15, 0.2) is 18.5 Å². The minimum atomic E-state index is 0.625. The number of pyridine rings is 1. The lowest BCUT2D eigenvalue weighted by atomic mass is 10.2. The van der Waals surface area contributed by atoms with E-state index >= 15 is 0 Å². The molecule has 0 fully saturated rings. The van der Waals surface area contributed by atoms with Gasteiger partial charge in [0.15, 0.2) is 4.77 Å². The topological polar surface area (TPSA) is 46.5 Å². The molecule has 0 spiro atoms. The average molecular weight is 234 g/mol. The van der Waals surface area contributed by atoms with Crippen molar-refractivity contribution in [2.75, 3.05) is 0 Å². The van der Waals surface area contributed by atoms with Crippen molar-refractivity contribution in [3.63, 3.8) is 0 Å². The average Bonchev–Trinajstić information content (AvgIpc) is 2.62. The van der Waals surface area contributed by atoms with E-state index in [0.717, 1.165) is 29.9 Å². The molecule has 0 aliphatic carbocycles. The molecule has 0 aliphatic rings. The van der Waals surface area contributed by atoms with Crippen LogP contribution in [0.5, 0.6) is 0 Å². The first-order valence-electron chi connectivity index (χ1n) is 5.31. The fourth-order valence-corrected chi connectivity index (χ4v) is 1.91. The highest BCUT2D eigenvalue weighted by molar-refractivity contribution is 7.71. The highest BCUT2D eigenvalue weighted by Gasteiger charge is 2.09. The van der Waals surface area contributed by atoms with Gasteiger partial charge in [0.2, 0.25) is 0 Å². The summed E-state index contributed by atoms with van der Waals surface area (Å²) in [6.07, 6.45) is 5.54. The summed E-state index contributed by atoms with van der Waals surface area (Å²) in [4.78, 5) is 4.14. The second-order valence-corrected chi connectivity index (χ2v) is 4.08. The van der Waals surface area contributed by atoms with Gasteiger partial charge in [-0.05, 0) is 37.2 Å². The van der Waals surface area contributed by atoms with Crippen LogP contribution >= 0.6 is 12.2 Å². The van der Waals surface area contributed by atoms with Gasteiger partial charge in [-0.2, -0.15) is 5.10 Å². The van der Waals surface area contributed by atoms with Crippen LogP contribution in [0.4, 0.5) is 0 Å². The molecule has 0 amide bonds. The molecule has 2 rings (SSSR count). The zero-order valence-electron chi connectivity index (χ0n) is 9.40. The molecule has 4 nitrogen and oxygen atoms in total. The number of hydrogen-bond donors (Lipinski definition) is 1. The van der Waals surface area contributed by atoms with Gasteiger partial charge in [-0.3, -0.25) is 14.6 Å². The summed E-state index contributed by atoms with van der Waals surface area (Å²) in [5, 5.41) is 7.08. The van der Waals surface area contributed by atoms with Crippen molar-refractivity contribution in [1.82, 2.24) is 19.7 Å². The molecular formula is C11H14N4S. The maximum absolute atomic E-state index is 5.25. The van der Waals surface area contributed by atoms with Gasteiger partial charge in [0.1, 0.15) is 5.82 Å². The zero-order chi connectivity index (χ0) is 11.5. The maximum atomic E-state index is 5.25. The largest absolute Gasteiger partial charge is 0.270 e. The van der Waals surface area contributed by atoms with Gasteiger partial charge >= 0.3 is 0 Å². The van der Waals surface area contributed by atoms with Crippen LogP contribution in [0.1, 0.15) is 24.7 Å². The normalized spacial score (nSPS) is 10.6. The van der Waals surface area contributed by atoms with Crippen molar-refractivity contribution in [2.45, 2.75) is 26.7 Å². The summed E-state index contributed by atoms with van der Waals surface area (Å²) in [6.45, 7) is 4.17. The molecule has 0 aromatic carbocycles. The van der Waals surface area contributed by atoms with Gasteiger partial charge in [-0.25, -0.2) is 0 Å². The molecule has 0 saturated heterocycles. The molecule has 0 unspecified atom stereocenters. The fourth-order valence-electron chi connectivity index (χ4n) is 1.66. The molecule has 0 saturated carbocycles. The van der Waals surface area contributed by atoms with E-state index in [1.54, 1.807) is 6.20 Å². The minimum absolute atomic E-state index is 0.625. The third-order valence-electron chi connectivity index (χ3n) is 2.47. The maximum Gasteiger partial charge on any atom is 0.199 e. The number of H-pyrrole nitrogens is 1. The Kier molecular flexibility index (Phi) is 3.14. The third-order valence-corrected chi connectivity index (χ3v) is 2.74. The molecule has 16 heavy (non-hydrogen) atoms. The smallest absolute Gasteiger partial charge is 0.199 e. The molecule has 2 aromatic rings. The van der Waals surface area contributed by atoms with Gasteiger partial charge in [-0.1, -0.05) is 6.92 Å². The van der Waals surface area contributed by atoms with Crippen LogP contribution < -0.4 is 0 Å². The summed E-state index contributed by atoms with van der Waals surface area (Å²) in [6, 6.07) is 1.97. The van der Waals surface area contributed by atoms with E-state index in [-0.39, 0.29) is 0 Å². The molecular weight excluding hydrogens is 220 g/mol. The van der Waals surface area contributed by atoms with Crippen LogP contribution in [-0.2, 0) is 6.42 Å². The molecule has 2 heterocycles. The lowest BCUT2D eigenvalue weighted by Crippen LogP contribution is -2.03. The van der Waals surface area contributed by atoms with Crippen molar-refractivity contribution in [3.05, 3.63) is 34.6 Å². The number of aryl methyl sites for hydroxylation is 2. The molecule has 84 valence electrons. The van der Waals surface area contributed by atoms with E-state index in [4.69, 9.17) is 12.2 Å². The highest BCUT2D eigenvalue weighted by Crippen LogP contribution is 2.15. The first kappa shape index (κ1) is 11.0. The van der Waals surface area contributed by atoms with Gasteiger partial charge in [0, 0.05) is 12.6 Å². The molecule has 0 atom stereocenters. The van der Waals surface area contributed by atoms with E-state index < -0.39 is 0 Å². The van der Waals surface area contributed by atoms with Crippen LogP contribution in [-0.4, -0.2) is 19.7 Å². The predicted molar refractivity (Wildman–Crippen MR) is 65.3 cm³/mol. The molecule has 5 heteroatoms. The Morgan fingerprint density at radius 2 is 2.31 bits per heavy atom. The first-order valence-corrected chi connectivity index (χ1v) is 5.72. The lowest BCUT2D eigenvalue weighted by molar-refractivity contribution is 0.797. The summed E-state index contributed by atoms with van der Waals surface area (Å²) in [5.41, 5.74) is 2.15. The Hall–Kier alpha value is -1.49. The number of aromatic amines is 1. The number of rotatable bonds is 3. The van der Waals surface area contributed by atoms with Gasteiger partial charge < -0.3 is 0 Å². The van der Waals surface area contributed by atoms with E-state index in [9.17, 15) is 0 Å². The molecule has 2 aromatic heterocycles. The molecule has 0 bridgehead atoms. The van der Waals surface area contributed by atoms with Gasteiger partial charge in [0.05, 0.1) is 11.9 Å². The first-order chi connectivity index (χ1) is 7.74. The van der Waals surface area contributed by atoms with Crippen molar-refractivity contribution in [1.29, 1.82) is 0 Å². The van der Waals surface area contributed by atoms with E-state index in [1.807, 2.05) is 23.8 Å². The Morgan fingerprint density at radius 1 is 1.50 bits per heavy atom. The number of aromatic nitrogens is 4. The van der Waals surface area contributed by atoms with E-state index in [0.29, 0.717) is 4.77 Å². The van der Waals surface area contributed by atoms with E-state index in [1.165, 1.54) is 0 Å². The van der Waals surface area contributed by atoms with Crippen molar-refractivity contribution in [2.24, 2.45) is 0 Å². The predicted octanol–water partition coefficient (Wildman–Crippen LogP) is 2.59. The number of nitrogens with one attached hydrogen (secondary N) is 1. The lowest BCUT2D eigenvalue weighted by Gasteiger charge is -2.08. The molecule has 0 radical (unpaired) electrons. The SMILES string of the molecule is CCCc1n[nH]c(=S)n1-c1cnccc1C. The van der Waals surface area contributed by atoms with Crippen LogP contribution in [0.2, 0.25) is 0 Å². The van der Waals surface area contributed by atoms with Crippen LogP contribution in [0.3, 0.4) is 0 Å². The highest BCUT2D eigenvalue weighted by atomic mass is 32.1. The summed E-state index contributed by atoms with van der Waals surface area (Å²) >= 11 is 5.25. The summed E-state index contributed by atoms with van der Waals surface area (Å²) in [5.74, 6) is 0.962. The van der Waals surface area contributed by atoms with Crippen molar-refractivity contribution >= 4 is 12.2 Å². The fraction of sp³-hybridized carbons (Fsp3) is 0.364. The Balaban J connectivity index is 2.59. The second-order valence-electron chi connectivity index (χ2n) is 3.69. The Bertz CT molecular complexity index is 541. The second kappa shape index (κ2) is 4.57. The van der Waals surface area contributed by atoms with Crippen LogP contribution in [0, 0.1) is 11.7 Å². The molecule has 1 N–H and O–H groups in total.